The molecule has 2 unspecified atom stereocenters. The van der Waals surface area contributed by atoms with E-state index in [1.165, 1.54) is 5.56 Å². The number of rotatable bonds is 2. The number of nitrogens with two attached hydrogens (primary N) is 1. The number of hydrogen-bond donors (Lipinski definition) is 1. The van der Waals surface area contributed by atoms with E-state index in [1.807, 2.05) is 6.07 Å². The van der Waals surface area contributed by atoms with Gasteiger partial charge in [-0.2, -0.15) is 0 Å². The number of hydrogen-bond acceptors (Lipinski definition) is 4. The van der Waals surface area contributed by atoms with Crippen molar-refractivity contribution in [2.75, 3.05) is 26.3 Å². The van der Waals surface area contributed by atoms with Gasteiger partial charge in [0, 0.05) is 30.1 Å². The van der Waals surface area contributed by atoms with Gasteiger partial charge in [0.2, 0.25) is 0 Å². The maximum Gasteiger partial charge on any atom is 0.162 e. The van der Waals surface area contributed by atoms with E-state index in [2.05, 4.69) is 33.8 Å². The predicted molar refractivity (Wildman–Crippen MR) is 77.5 cm³/mol. The summed E-state index contributed by atoms with van der Waals surface area (Å²) in [6.07, 6.45) is 0. The molecular formula is C14H19BrN2O2. The van der Waals surface area contributed by atoms with Gasteiger partial charge in [0.05, 0.1) is 0 Å². The first kappa shape index (κ1) is 13.2. The first-order valence-corrected chi connectivity index (χ1v) is 7.49. The maximum absolute atomic E-state index is 6.07. The highest BCUT2D eigenvalue weighted by Gasteiger charge is 2.27. The predicted octanol–water partition coefficient (Wildman–Crippen LogP) is 2.00. The Hall–Kier alpha value is -0.780. The van der Waals surface area contributed by atoms with E-state index in [9.17, 15) is 0 Å². The molecule has 2 N–H and O–H groups in total. The van der Waals surface area contributed by atoms with Crippen LogP contribution in [0.2, 0.25) is 0 Å². The Morgan fingerprint density at radius 3 is 2.58 bits per heavy atom. The van der Waals surface area contributed by atoms with Crippen LogP contribution < -0.4 is 15.2 Å². The van der Waals surface area contributed by atoms with Gasteiger partial charge in [0.1, 0.15) is 13.2 Å². The van der Waals surface area contributed by atoms with E-state index in [1.54, 1.807) is 0 Å². The van der Waals surface area contributed by atoms with Crippen LogP contribution in [0.3, 0.4) is 0 Å². The van der Waals surface area contributed by atoms with Gasteiger partial charge in [-0.3, -0.25) is 4.90 Å². The lowest BCUT2D eigenvalue weighted by Crippen LogP contribution is -2.28. The molecule has 2 atom stereocenters. The molecule has 3 rings (SSSR count). The van der Waals surface area contributed by atoms with Crippen molar-refractivity contribution in [3.63, 3.8) is 0 Å². The topological polar surface area (TPSA) is 47.7 Å². The number of nitrogens with zero attached hydrogens (tertiary/aromatic N) is 1. The number of fused-ring (bicyclic) bond motifs is 1. The Kier molecular flexibility index (Phi) is 3.69. The summed E-state index contributed by atoms with van der Waals surface area (Å²) in [4.78, 5) is 2.39. The monoisotopic (exact) mass is 326 g/mol. The summed E-state index contributed by atoms with van der Waals surface area (Å²) in [5.74, 6) is 2.24. The molecule has 19 heavy (non-hydrogen) atoms. The van der Waals surface area contributed by atoms with Crippen molar-refractivity contribution in [2.45, 2.75) is 19.5 Å². The van der Waals surface area contributed by atoms with Crippen LogP contribution in [0.4, 0.5) is 0 Å². The van der Waals surface area contributed by atoms with Gasteiger partial charge >= 0.3 is 0 Å². The normalized spacial score (nSPS) is 26.7. The van der Waals surface area contributed by atoms with E-state index in [4.69, 9.17) is 15.2 Å². The largest absolute Gasteiger partial charge is 0.486 e. The highest BCUT2D eigenvalue weighted by atomic mass is 79.9. The van der Waals surface area contributed by atoms with Crippen LogP contribution in [0, 0.1) is 5.92 Å². The van der Waals surface area contributed by atoms with Crippen LogP contribution in [0.15, 0.2) is 16.6 Å². The Balaban J connectivity index is 1.77. The van der Waals surface area contributed by atoms with Crippen molar-refractivity contribution in [1.82, 2.24) is 4.90 Å². The van der Waals surface area contributed by atoms with Gasteiger partial charge in [-0.1, -0.05) is 22.9 Å². The highest BCUT2D eigenvalue weighted by Crippen LogP contribution is 2.36. The average Bonchev–Trinajstić information content (AvgIpc) is 2.69. The molecule has 0 aromatic heterocycles. The summed E-state index contributed by atoms with van der Waals surface area (Å²) in [5, 5.41) is 0. The smallest absolute Gasteiger partial charge is 0.162 e. The zero-order valence-corrected chi connectivity index (χ0v) is 12.6. The molecule has 1 fully saturated rings. The fraction of sp³-hybridized carbons (Fsp3) is 0.571. The third-order valence-electron chi connectivity index (χ3n) is 3.85. The second kappa shape index (κ2) is 5.31. The van der Waals surface area contributed by atoms with Crippen LogP contribution in [0.25, 0.3) is 0 Å². The van der Waals surface area contributed by atoms with Gasteiger partial charge in [0.25, 0.3) is 0 Å². The SMILES string of the molecule is CC1CN(Cc2cc3c(cc2Br)OCCO3)CC1N. The molecule has 0 bridgehead atoms. The second-order valence-corrected chi connectivity index (χ2v) is 6.28. The summed E-state index contributed by atoms with van der Waals surface area (Å²) < 4.78 is 12.3. The number of benzene rings is 1. The van der Waals surface area contributed by atoms with Gasteiger partial charge in [-0.25, -0.2) is 0 Å². The molecule has 5 heteroatoms. The molecule has 1 saturated heterocycles. The van der Waals surface area contributed by atoms with E-state index < -0.39 is 0 Å². The summed E-state index contributed by atoms with van der Waals surface area (Å²) in [6.45, 7) is 6.37. The van der Waals surface area contributed by atoms with Crippen LogP contribution in [-0.2, 0) is 6.54 Å². The molecule has 2 aliphatic heterocycles. The fourth-order valence-electron chi connectivity index (χ4n) is 2.69. The van der Waals surface area contributed by atoms with E-state index >= 15 is 0 Å². The fourth-order valence-corrected chi connectivity index (χ4v) is 3.14. The molecule has 2 heterocycles. The van der Waals surface area contributed by atoms with Crippen molar-refractivity contribution < 1.29 is 9.47 Å². The van der Waals surface area contributed by atoms with Crippen LogP contribution >= 0.6 is 15.9 Å². The van der Waals surface area contributed by atoms with E-state index in [0.717, 1.165) is 35.6 Å². The Morgan fingerprint density at radius 1 is 1.26 bits per heavy atom. The molecule has 0 spiro atoms. The van der Waals surface area contributed by atoms with E-state index in [0.29, 0.717) is 19.1 Å². The molecule has 0 saturated carbocycles. The van der Waals surface area contributed by atoms with Crippen LogP contribution in [0.1, 0.15) is 12.5 Å². The minimum Gasteiger partial charge on any atom is -0.486 e. The zero-order valence-electron chi connectivity index (χ0n) is 11.1. The maximum atomic E-state index is 6.07. The Bertz CT molecular complexity index is 471. The van der Waals surface area contributed by atoms with E-state index in [-0.39, 0.29) is 6.04 Å². The number of halogens is 1. The van der Waals surface area contributed by atoms with Gasteiger partial charge < -0.3 is 15.2 Å². The quantitative estimate of drug-likeness (QED) is 0.903. The summed E-state index contributed by atoms with van der Waals surface area (Å²) >= 11 is 3.62. The average molecular weight is 327 g/mol. The molecule has 0 amide bonds. The lowest BCUT2D eigenvalue weighted by atomic mass is 10.1. The molecule has 0 aliphatic carbocycles. The molecule has 4 nitrogen and oxygen atoms in total. The molecule has 1 aromatic rings. The first-order chi connectivity index (χ1) is 9.13. The summed E-state index contributed by atoms with van der Waals surface area (Å²) in [5.41, 5.74) is 7.30. The Morgan fingerprint density at radius 2 is 1.95 bits per heavy atom. The molecule has 0 radical (unpaired) electrons. The summed E-state index contributed by atoms with van der Waals surface area (Å²) in [6, 6.07) is 4.37. The van der Waals surface area contributed by atoms with Gasteiger partial charge in [-0.05, 0) is 23.6 Å². The first-order valence-electron chi connectivity index (χ1n) is 6.69. The lowest BCUT2D eigenvalue weighted by Gasteiger charge is -2.22. The standard InChI is InChI=1S/C14H19BrN2O2/c1-9-6-17(8-12(9)16)7-10-4-13-14(5-11(10)15)19-3-2-18-13/h4-5,9,12H,2-3,6-8,16H2,1H3. The molecule has 2 aliphatic rings. The third kappa shape index (κ3) is 2.73. The minimum absolute atomic E-state index is 0.288. The Labute approximate surface area is 122 Å². The van der Waals surface area contributed by atoms with Crippen molar-refractivity contribution in [3.05, 3.63) is 22.2 Å². The zero-order chi connectivity index (χ0) is 13.4. The molecule has 1 aromatic carbocycles. The molecular weight excluding hydrogens is 308 g/mol. The van der Waals surface area contributed by atoms with Gasteiger partial charge in [-0.15, -0.1) is 0 Å². The number of ether oxygens (including phenoxy) is 2. The summed E-state index contributed by atoms with van der Waals surface area (Å²) in [7, 11) is 0. The second-order valence-electron chi connectivity index (χ2n) is 5.42. The van der Waals surface area contributed by atoms with Crippen LogP contribution in [-0.4, -0.2) is 37.2 Å². The lowest BCUT2D eigenvalue weighted by molar-refractivity contribution is 0.171. The van der Waals surface area contributed by atoms with Crippen molar-refractivity contribution in [2.24, 2.45) is 11.7 Å². The minimum atomic E-state index is 0.288. The van der Waals surface area contributed by atoms with Crippen molar-refractivity contribution in [1.29, 1.82) is 0 Å². The number of likely N-dealkylation sites (tertiary alicyclic amines) is 1. The molecule has 104 valence electrons. The van der Waals surface area contributed by atoms with Crippen molar-refractivity contribution >= 4 is 15.9 Å². The highest BCUT2D eigenvalue weighted by molar-refractivity contribution is 9.10. The van der Waals surface area contributed by atoms with Gasteiger partial charge in [0.15, 0.2) is 11.5 Å². The third-order valence-corrected chi connectivity index (χ3v) is 4.59. The van der Waals surface area contributed by atoms with Crippen LogP contribution in [0.5, 0.6) is 11.5 Å². The van der Waals surface area contributed by atoms with Crippen molar-refractivity contribution in [3.8, 4) is 11.5 Å².